The second-order valence-corrected chi connectivity index (χ2v) is 5.35. The second kappa shape index (κ2) is 6.10. The Morgan fingerprint density at radius 2 is 2.19 bits per heavy atom. The first kappa shape index (κ1) is 13.8. The van der Waals surface area contributed by atoms with E-state index >= 15 is 0 Å². The van der Waals surface area contributed by atoms with Crippen molar-refractivity contribution in [1.29, 1.82) is 0 Å². The lowest BCUT2D eigenvalue weighted by Gasteiger charge is -2.19. The molecule has 2 heterocycles. The Hall–Kier alpha value is -2.14. The minimum atomic E-state index is -0.0676. The lowest BCUT2D eigenvalue weighted by atomic mass is 10.1. The number of benzene rings is 1. The molecule has 1 saturated heterocycles. The lowest BCUT2D eigenvalue weighted by molar-refractivity contribution is 0.0766. The number of carbonyl (C=O) groups is 1. The van der Waals surface area contributed by atoms with Crippen LogP contribution < -0.4 is 0 Å². The van der Waals surface area contributed by atoms with E-state index in [4.69, 9.17) is 9.26 Å². The topological polar surface area (TPSA) is 55.6 Å². The number of rotatable bonds is 4. The maximum Gasteiger partial charge on any atom is 0.259 e. The van der Waals surface area contributed by atoms with Gasteiger partial charge in [0.05, 0.1) is 12.8 Å². The van der Waals surface area contributed by atoms with Crippen LogP contribution in [0.4, 0.5) is 0 Å². The Labute approximate surface area is 123 Å². The van der Waals surface area contributed by atoms with Crippen LogP contribution in [0.2, 0.25) is 0 Å². The smallest absolute Gasteiger partial charge is 0.259 e. The molecule has 21 heavy (non-hydrogen) atoms. The number of hydrogen-bond acceptors (Lipinski definition) is 4. The molecule has 0 aliphatic carbocycles. The van der Waals surface area contributed by atoms with Gasteiger partial charge in [0.15, 0.2) is 5.76 Å². The van der Waals surface area contributed by atoms with E-state index in [-0.39, 0.29) is 5.91 Å². The van der Waals surface area contributed by atoms with E-state index in [1.54, 1.807) is 4.90 Å². The molecule has 1 aliphatic rings. The molecule has 0 saturated carbocycles. The minimum Gasteiger partial charge on any atom is -0.381 e. The molecule has 0 bridgehead atoms. The normalized spacial score (nSPS) is 17.9. The van der Waals surface area contributed by atoms with Crippen LogP contribution in [0, 0.1) is 5.92 Å². The molecule has 110 valence electrons. The van der Waals surface area contributed by atoms with Gasteiger partial charge in [0.1, 0.15) is 5.56 Å². The quantitative estimate of drug-likeness (QED) is 0.866. The summed E-state index contributed by atoms with van der Waals surface area (Å²) in [4.78, 5) is 14.3. The van der Waals surface area contributed by atoms with Gasteiger partial charge in [0.25, 0.3) is 5.91 Å². The van der Waals surface area contributed by atoms with Crippen molar-refractivity contribution in [3.63, 3.8) is 0 Å². The summed E-state index contributed by atoms with van der Waals surface area (Å²) >= 11 is 0. The molecule has 5 nitrogen and oxygen atoms in total. The SMILES string of the molecule is CN(CC1CCOC1)C(=O)c1cnoc1-c1ccccc1. The van der Waals surface area contributed by atoms with Crippen molar-refractivity contribution in [2.75, 3.05) is 26.8 Å². The van der Waals surface area contributed by atoms with Crippen molar-refractivity contribution < 1.29 is 14.1 Å². The van der Waals surface area contributed by atoms with Gasteiger partial charge in [-0.15, -0.1) is 0 Å². The summed E-state index contributed by atoms with van der Waals surface area (Å²) in [5, 5.41) is 3.79. The zero-order valence-electron chi connectivity index (χ0n) is 12.0. The summed E-state index contributed by atoms with van der Waals surface area (Å²) in [5.74, 6) is 0.871. The molecule has 1 aliphatic heterocycles. The zero-order valence-corrected chi connectivity index (χ0v) is 12.0. The van der Waals surface area contributed by atoms with Crippen LogP contribution >= 0.6 is 0 Å². The highest BCUT2D eigenvalue weighted by Gasteiger charge is 2.24. The second-order valence-electron chi connectivity index (χ2n) is 5.35. The summed E-state index contributed by atoms with van der Waals surface area (Å²) < 4.78 is 10.6. The maximum atomic E-state index is 12.6. The van der Waals surface area contributed by atoms with Crippen molar-refractivity contribution in [2.45, 2.75) is 6.42 Å². The van der Waals surface area contributed by atoms with Crippen LogP contribution in [-0.4, -0.2) is 42.8 Å². The number of carbonyl (C=O) groups excluding carboxylic acids is 1. The number of ether oxygens (including phenoxy) is 1. The first-order chi connectivity index (χ1) is 10.3. The molecule has 1 atom stereocenters. The molecular weight excluding hydrogens is 268 g/mol. The van der Waals surface area contributed by atoms with E-state index in [2.05, 4.69) is 5.16 Å². The fraction of sp³-hybridized carbons (Fsp3) is 0.375. The van der Waals surface area contributed by atoms with Crippen LogP contribution in [-0.2, 0) is 4.74 Å². The molecule has 1 amide bonds. The third kappa shape index (κ3) is 2.97. The van der Waals surface area contributed by atoms with Crippen molar-refractivity contribution in [3.8, 4) is 11.3 Å². The Morgan fingerprint density at radius 3 is 2.90 bits per heavy atom. The van der Waals surface area contributed by atoms with Gasteiger partial charge < -0.3 is 14.2 Å². The summed E-state index contributed by atoms with van der Waals surface area (Å²) in [5.41, 5.74) is 1.36. The number of aromatic nitrogens is 1. The molecule has 3 rings (SSSR count). The van der Waals surface area contributed by atoms with Gasteiger partial charge in [-0.25, -0.2) is 0 Å². The molecule has 1 aromatic carbocycles. The van der Waals surface area contributed by atoms with Gasteiger partial charge in [-0.1, -0.05) is 35.5 Å². The standard InChI is InChI=1S/C16H18N2O3/c1-18(10-12-7-8-20-11-12)16(19)14-9-17-21-15(14)13-5-3-2-4-6-13/h2-6,9,12H,7-8,10-11H2,1H3. The van der Waals surface area contributed by atoms with E-state index in [0.717, 1.165) is 25.2 Å². The van der Waals surface area contributed by atoms with Crippen LogP contribution in [0.3, 0.4) is 0 Å². The van der Waals surface area contributed by atoms with Gasteiger partial charge >= 0.3 is 0 Å². The number of amides is 1. The van der Waals surface area contributed by atoms with E-state index in [9.17, 15) is 4.79 Å². The third-order valence-electron chi connectivity index (χ3n) is 3.74. The molecule has 2 aromatic rings. The van der Waals surface area contributed by atoms with Crippen molar-refractivity contribution in [1.82, 2.24) is 10.1 Å². The molecule has 1 fully saturated rings. The Kier molecular flexibility index (Phi) is 4.01. The van der Waals surface area contributed by atoms with Crippen molar-refractivity contribution >= 4 is 5.91 Å². The van der Waals surface area contributed by atoms with Gasteiger partial charge in [-0.2, -0.15) is 0 Å². The third-order valence-corrected chi connectivity index (χ3v) is 3.74. The van der Waals surface area contributed by atoms with E-state index < -0.39 is 0 Å². The van der Waals surface area contributed by atoms with Gasteiger partial charge in [-0.3, -0.25) is 4.79 Å². The first-order valence-electron chi connectivity index (χ1n) is 7.09. The monoisotopic (exact) mass is 286 g/mol. The zero-order chi connectivity index (χ0) is 14.7. The van der Waals surface area contributed by atoms with Gasteiger partial charge in [0.2, 0.25) is 0 Å². The van der Waals surface area contributed by atoms with E-state index in [0.29, 0.717) is 23.8 Å². The Balaban J connectivity index is 1.77. The van der Waals surface area contributed by atoms with Crippen LogP contribution in [0.5, 0.6) is 0 Å². The lowest BCUT2D eigenvalue weighted by Crippen LogP contribution is -2.32. The van der Waals surface area contributed by atoms with Crippen LogP contribution in [0.1, 0.15) is 16.8 Å². The molecule has 0 spiro atoms. The average Bonchev–Trinajstić information content (AvgIpc) is 3.18. The fourth-order valence-electron chi connectivity index (χ4n) is 2.59. The molecular formula is C16H18N2O3. The molecule has 5 heteroatoms. The predicted octanol–water partition coefficient (Wildman–Crippen LogP) is 2.45. The summed E-state index contributed by atoms with van der Waals surface area (Å²) in [6.45, 7) is 2.21. The molecule has 1 aromatic heterocycles. The Morgan fingerprint density at radius 1 is 1.38 bits per heavy atom. The molecule has 0 N–H and O–H groups in total. The van der Waals surface area contributed by atoms with Crippen LogP contribution in [0.15, 0.2) is 41.1 Å². The van der Waals surface area contributed by atoms with E-state index in [1.165, 1.54) is 6.20 Å². The maximum absolute atomic E-state index is 12.6. The van der Waals surface area contributed by atoms with Crippen LogP contribution in [0.25, 0.3) is 11.3 Å². The van der Waals surface area contributed by atoms with Crippen molar-refractivity contribution in [2.24, 2.45) is 5.92 Å². The number of nitrogens with zero attached hydrogens (tertiary/aromatic N) is 2. The minimum absolute atomic E-state index is 0.0676. The van der Waals surface area contributed by atoms with Gasteiger partial charge in [0, 0.05) is 31.7 Å². The first-order valence-corrected chi connectivity index (χ1v) is 7.09. The largest absolute Gasteiger partial charge is 0.381 e. The van der Waals surface area contributed by atoms with Crippen molar-refractivity contribution in [3.05, 3.63) is 42.1 Å². The van der Waals surface area contributed by atoms with Gasteiger partial charge in [-0.05, 0) is 6.42 Å². The molecule has 1 unspecified atom stereocenters. The fourth-order valence-corrected chi connectivity index (χ4v) is 2.59. The summed E-state index contributed by atoms with van der Waals surface area (Å²) in [6, 6.07) is 9.55. The van der Waals surface area contributed by atoms with E-state index in [1.807, 2.05) is 37.4 Å². The highest BCUT2D eigenvalue weighted by atomic mass is 16.5. The predicted molar refractivity (Wildman–Crippen MR) is 77.8 cm³/mol. The summed E-state index contributed by atoms with van der Waals surface area (Å²) in [6.07, 6.45) is 2.50. The average molecular weight is 286 g/mol. The highest BCUT2D eigenvalue weighted by molar-refractivity contribution is 5.99. The molecule has 0 radical (unpaired) electrons. The Bertz CT molecular complexity index is 603. The summed E-state index contributed by atoms with van der Waals surface area (Å²) in [7, 11) is 1.81. The highest BCUT2D eigenvalue weighted by Crippen LogP contribution is 2.24. The number of hydrogen-bond donors (Lipinski definition) is 0.